The molecule has 33 heavy (non-hydrogen) atoms. The van der Waals surface area contributed by atoms with Gasteiger partial charge >= 0.3 is 0 Å². The van der Waals surface area contributed by atoms with Crippen LogP contribution in [0.4, 0.5) is 0 Å². The number of rotatable bonds is 8. The van der Waals surface area contributed by atoms with Gasteiger partial charge in [-0.2, -0.15) is 4.31 Å². The highest BCUT2D eigenvalue weighted by atomic mass is 32.2. The van der Waals surface area contributed by atoms with Gasteiger partial charge in [-0.05, 0) is 42.3 Å². The number of hydrogen-bond acceptors (Lipinski definition) is 4. The number of fused-ring (bicyclic) bond motifs is 1. The second kappa shape index (κ2) is 10.1. The summed E-state index contributed by atoms with van der Waals surface area (Å²) in [6.07, 6.45) is 0. The van der Waals surface area contributed by atoms with Crippen LogP contribution in [0.1, 0.15) is 18.1 Å². The molecule has 0 aliphatic carbocycles. The minimum Gasteiger partial charge on any atom is -0.357 e. The van der Waals surface area contributed by atoms with Crippen molar-refractivity contribution in [2.45, 2.75) is 31.3 Å². The lowest BCUT2D eigenvalue weighted by atomic mass is 10.1. The second-order valence-electron chi connectivity index (χ2n) is 8.07. The molecule has 174 valence electrons. The van der Waals surface area contributed by atoms with E-state index in [4.69, 9.17) is 0 Å². The molecule has 1 N–H and O–H groups in total. The summed E-state index contributed by atoms with van der Waals surface area (Å²) in [7, 11) is -1.03. The molecule has 0 fully saturated rings. The fourth-order valence-electron chi connectivity index (χ4n) is 3.56. The molecule has 0 aliphatic heterocycles. The lowest BCUT2D eigenvalue weighted by Gasteiger charge is -2.30. The zero-order valence-electron chi connectivity index (χ0n) is 19.3. The van der Waals surface area contributed by atoms with E-state index in [-0.39, 0.29) is 23.9 Å². The van der Waals surface area contributed by atoms with Crippen molar-refractivity contribution in [2.24, 2.45) is 0 Å². The molecule has 0 aliphatic rings. The minimum absolute atomic E-state index is 0.112. The molecule has 7 nitrogen and oxygen atoms in total. The van der Waals surface area contributed by atoms with Crippen LogP contribution in [0.25, 0.3) is 10.8 Å². The van der Waals surface area contributed by atoms with Crippen LogP contribution < -0.4 is 5.32 Å². The number of nitrogens with one attached hydrogen (secondary N) is 1. The third-order valence-electron chi connectivity index (χ3n) is 5.67. The molecule has 0 aromatic heterocycles. The standard InChI is InChI=1S/C25H29N3O4S/c1-18-9-11-20(12-10-18)16-28(19(2)25(30)26-3)24(29)17-27(4)33(31,32)23-14-13-21-7-5-6-8-22(21)15-23/h5-15,19H,16-17H2,1-4H3,(H,26,30). The first kappa shape index (κ1) is 24.4. The van der Waals surface area contributed by atoms with E-state index >= 15 is 0 Å². The van der Waals surface area contributed by atoms with E-state index in [9.17, 15) is 18.0 Å². The summed E-state index contributed by atoms with van der Waals surface area (Å²) >= 11 is 0. The Morgan fingerprint density at radius 1 is 0.970 bits per heavy atom. The maximum atomic E-state index is 13.2. The lowest BCUT2D eigenvalue weighted by molar-refractivity contribution is -0.140. The van der Waals surface area contributed by atoms with Gasteiger partial charge in [0.15, 0.2) is 0 Å². The fraction of sp³-hybridized carbons (Fsp3) is 0.280. The van der Waals surface area contributed by atoms with Gasteiger partial charge in [-0.1, -0.05) is 60.2 Å². The van der Waals surface area contributed by atoms with E-state index in [0.29, 0.717) is 0 Å². The second-order valence-corrected chi connectivity index (χ2v) is 10.1. The molecule has 3 aromatic rings. The molecule has 0 heterocycles. The minimum atomic E-state index is -3.90. The third-order valence-corrected chi connectivity index (χ3v) is 7.47. The molecule has 1 atom stereocenters. The van der Waals surface area contributed by atoms with Gasteiger partial charge in [0.25, 0.3) is 0 Å². The van der Waals surface area contributed by atoms with Crippen molar-refractivity contribution in [1.82, 2.24) is 14.5 Å². The molecule has 0 bridgehead atoms. The van der Waals surface area contributed by atoms with Crippen molar-refractivity contribution in [3.05, 3.63) is 77.9 Å². The quantitative estimate of drug-likeness (QED) is 0.552. The van der Waals surface area contributed by atoms with Crippen LogP contribution >= 0.6 is 0 Å². The predicted molar refractivity (Wildman–Crippen MR) is 129 cm³/mol. The molecule has 0 spiro atoms. The van der Waals surface area contributed by atoms with Gasteiger partial charge in [0, 0.05) is 20.6 Å². The summed E-state index contributed by atoms with van der Waals surface area (Å²) in [6, 6.07) is 19.2. The average Bonchev–Trinajstić information content (AvgIpc) is 2.82. The fourth-order valence-corrected chi connectivity index (χ4v) is 4.71. The van der Waals surface area contributed by atoms with Gasteiger partial charge in [-0.3, -0.25) is 9.59 Å². The van der Waals surface area contributed by atoms with Gasteiger partial charge in [0.2, 0.25) is 21.8 Å². The number of carbonyl (C=O) groups excluding carboxylic acids is 2. The summed E-state index contributed by atoms with van der Waals surface area (Å²) < 4.78 is 27.4. The Morgan fingerprint density at radius 2 is 1.61 bits per heavy atom. The average molecular weight is 468 g/mol. The summed E-state index contributed by atoms with van der Waals surface area (Å²) in [5.41, 5.74) is 1.93. The Morgan fingerprint density at radius 3 is 2.24 bits per heavy atom. The van der Waals surface area contributed by atoms with Gasteiger partial charge in [-0.25, -0.2) is 8.42 Å². The van der Waals surface area contributed by atoms with E-state index in [1.165, 1.54) is 25.1 Å². The van der Waals surface area contributed by atoms with Crippen molar-refractivity contribution in [3.63, 3.8) is 0 Å². The van der Waals surface area contributed by atoms with Gasteiger partial charge in [0.05, 0.1) is 11.4 Å². The normalized spacial score (nSPS) is 12.5. The van der Waals surface area contributed by atoms with Crippen molar-refractivity contribution in [3.8, 4) is 0 Å². The summed E-state index contributed by atoms with van der Waals surface area (Å²) in [5.74, 6) is -0.783. The Kier molecular flexibility index (Phi) is 7.50. The van der Waals surface area contributed by atoms with Crippen molar-refractivity contribution < 1.29 is 18.0 Å². The predicted octanol–water partition coefficient (Wildman–Crippen LogP) is 2.93. The zero-order chi connectivity index (χ0) is 24.2. The SMILES string of the molecule is CNC(=O)C(C)N(Cc1ccc(C)cc1)C(=O)CN(C)S(=O)(=O)c1ccc2ccccc2c1. The van der Waals surface area contributed by atoms with Gasteiger partial charge < -0.3 is 10.2 Å². The van der Waals surface area contributed by atoms with Crippen LogP contribution in [0, 0.1) is 6.92 Å². The molecule has 2 amide bonds. The van der Waals surface area contributed by atoms with Gasteiger partial charge in [-0.15, -0.1) is 0 Å². The summed E-state index contributed by atoms with van der Waals surface area (Å²) in [6.45, 7) is 3.40. The molecular weight excluding hydrogens is 438 g/mol. The van der Waals surface area contributed by atoms with E-state index in [0.717, 1.165) is 26.2 Å². The monoisotopic (exact) mass is 467 g/mol. The van der Waals surface area contributed by atoms with E-state index in [2.05, 4.69) is 5.32 Å². The third kappa shape index (κ3) is 5.58. The molecular formula is C25H29N3O4S. The Bertz CT molecular complexity index is 1260. The van der Waals surface area contributed by atoms with E-state index in [1.807, 2.05) is 55.5 Å². The lowest BCUT2D eigenvalue weighted by Crippen LogP contribution is -2.50. The maximum absolute atomic E-state index is 13.2. The topological polar surface area (TPSA) is 86.8 Å². The first-order valence-corrected chi connectivity index (χ1v) is 12.1. The Balaban J connectivity index is 1.84. The number of likely N-dealkylation sites (N-methyl/N-ethyl adjacent to an activating group) is 2. The largest absolute Gasteiger partial charge is 0.357 e. The molecule has 0 saturated heterocycles. The highest BCUT2D eigenvalue weighted by Gasteiger charge is 2.30. The summed E-state index contributed by atoms with van der Waals surface area (Å²) in [5, 5.41) is 4.28. The van der Waals surface area contributed by atoms with Crippen molar-refractivity contribution in [1.29, 1.82) is 0 Å². The van der Waals surface area contributed by atoms with Crippen molar-refractivity contribution >= 4 is 32.6 Å². The van der Waals surface area contributed by atoms with Gasteiger partial charge in [0.1, 0.15) is 6.04 Å². The number of hydrogen-bond donors (Lipinski definition) is 1. The van der Waals surface area contributed by atoms with Crippen LogP contribution in [0.2, 0.25) is 0 Å². The smallest absolute Gasteiger partial charge is 0.243 e. The van der Waals surface area contributed by atoms with Crippen LogP contribution in [0.15, 0.2) is 71.6 Å². The number of amides is 2. The number of aryl methyl sites for hydroxylation is 1. The molecule has 0 radical (unpaired) electrons. The van der Waals surface area contributed by atoms with Crippen LogP contribution in [0.3, 0.4) is 0 Å². The van der Waals surface area contributed by atoms with Crippen LogP contribution in [-0.2, 0) is 26.2 Å². The summed E-state index contributed by atoms with van der Waals surface area (Å²) in [4.78, 5) is 27.0. The number of carbonyl (C=O) groups is 2. The van der Waals surface area contributed by atoms with Crippen LogP contribution in [-0.4, -0.2) is 56.1 Å². The molecule has 1 unspecified atom stereocenters. The number of nitrogens with zero attached hydrogens (tertiary/aromatic N) is 2. The molecule has 3 rings (SSSR count). The first-order chi connectivity index (χ1) is 15.6. The zero-order valence-corrected chi connectivity index (χ0v) is 20.1. The molecule has 8 heteroatoms. The van der Waals surface area contributed by atoms with E-state index < -0.39 is 22.0 Å². The number of sulfonamides is 1. The highest BCUT2D eigenvalue weighted by Crippen LogP contribution is 2.21. The first-order valence-electron chi connectivity index (χ1n) is 10.6. The van der Waals surface area contributed by atoms with E-state index in [1.54, 1.807) is 19.1 Å². The van der Waals surface area contributed by atoms with Crippen molar-refractivity contribution in [2.75, 3.05) is 20.6 Å². The molecule has 3 aromatic carbocycles. The number of benzene rings is 3. The van der Waals surface area contributed by atoms with Crippen LogP contribution in [0.5, 0.6) is 0 Å². The maximum Gasteiger partial charge on any atom is 0.243 e. The highest BCUT2D eigenvalue weighted by molar-refractivity contribution is 7.89. The Labute approximate surface area is 195 Å². The molecule has 0 saturated carbocycles. The Hall–Kier alpha value is -3.23.